The molecule has 0 aromatic heterocycles. The van der Waals surface area contributed by atoms with Crippen LogP contribution < -0.4 is 0 Å². The number of carbonyl (C=O) groups is 1. The van der Waals surface area contributed by atoms with Gasteiger partial charge in [0.1, 0.15) is 5.75 Å². The Kier molecular flexibility index (Phi) is 2.72. The molecule has 0 radical (unpaired) electrons. The second kappa shape index (κ2) is 3.43. The quantitative estimate of drug-likeness (QED) is 0.632. The third-order valence-corrected chi connectivity index (χ3v) is 2.71. The number of ketones is 1. The number of hydrogen-bond acceptors (Lipinski definition) is 2. The maximum absolute atomic E-state index is 11.1. The van der Waals surface area contributed by atoms with Crippen LogP contribution in [0.5, 0.6) is 5.75 Å². The Labute approximate surface area is 84.7 Å². The van der Waals surface area contributed by atoms with E-state index < -0.39 is 0 Å². The summed E-state index contributed by atoms with van der Waals surface area (Å²) in [5.74, 6) is 0.166. The fourth-order valence-electron chi connectivity index (χ4n) is 1.01. The fourth-order valence-corrected chi connectivity index (χ4v) is 1.70. The summed E-state index contributed by atoms with van der Waals surface area (Å²) in [5, 5.41) is 9.37. The average molecular weight is 276 g/mol. The van der Waals surface area contributed by atoms with Gasteiger partial charge in [0.05, 0.1) is 3.57 Å². The Bertz CT molecular complexity index is 332. The summed E-state index contributed by atoms with van der Waals surface area (Å²) in [6.45, 7) is 3.35. The minimum absolute atomic E-state index is 0.0154. The molecule has 0 aliphatic rings. The largest absolute Gasteiger partial charge is 0.507 e. The van der Waals surface area contributed by atoms with Gasteiger partial charge < -0.3 is 5.11 Å². The molecule has 1 N–H and O–H groups in total. The number of aryl methyl sites for hydroxylation is 1. The van der Waals surface area contributed by atoms with Crippen LogP contribution in [0.15, 0.2) is 12.1 Å². The van der Waals surface area contributed by atoms with E-state index in [1.54, 1.807) is 12.1 Å². The number of halogens is 1. The Morgan fingerprint density at radius 3 is 2.58 bits per heavy atom. The van der Waals surface area contributed by atoms with Crippen LogP contribution in [0.25, 0.3) is 0 Å². The van der Waals surface area contributed by atoms with Crippen LogP contribution in [0, 0.1) is 10.5 Å². The number of Topliss-reactive ketones (excluding diaryl/α,β-unsaturated/α-hetero) is 1. The molecule has 0 aliphatic heterocycles. The molecule has 0 spiro atoms. The SMILES string of the molecule is CC(=O)c1cc(C)cc(O)c1I. The molecule has 0 heterocycles. The van der Waals surface area contributed by atoms with Gasteiger partial charge in [-0.05, 0) is 54.1 Å². The van der Waals surface area contributed by atoms with E-state index in [9.17, 15) is 9.90 Å². The Hall–Kier alpha value is -0.580. The molecule has 0 fully saturated rings. The van der Waals surface area contributed by atoms with Crippen molar-refractivity contribution in [2.24, 2.45) is 0 Å². The highest BCUT2D eigenvalue weighted by Gasteiger charge is 2.09. The van der Waals surface area contributed by atoms with Gasteiger partial charge in [-0.2, -0.15) is 0 Å². The second-order valence-corrected chi connectivity index (χ2v) is 3.78. The van der Waals surface area contributed by atoms with Gasteiger partial charge in [0, 0.05) is 5.56 Å². The Balaban J connectivity index is 3.37. The van der Waals surface area contributed by atoms with E-state index in [4.69, 9.17) is 0 Å². The van der Waals surface area contributed by atoms with Gasteiger partial charge >= 0.3 is 0 Å². The molecule has 12 heavy (non-hydrogen) atoms. The first kappa shape index (κ1) is 9.51. The molecule has 1 rings (SSSR count). The van der Waals surface area contributed by atoms with Crippen molar-refractivity contribution in [3.63, 3.8) is 0 Å². The third-order valence-electron chi connectivity index (χ3n) is 1.58. The topological polar surface area (TPSA) is 37.3 Å². The van der Waals surface area contributed by atoms with Gasteiger partial charge in [0.15, 0.2) is 5.78 Å². The first-order chi connectivity index (χ1) is 5.52. The molecule has 0 amide bonds. The van der Waals surface area contributed by atoms with Crippen LogP contribution in [0.1, 0.15) is 22.8 Å². The average Bonchev–Trinajstić information content (AvgIpc) is 1.96. The summed E-state index contributed by atoms with van der Waals surface area (Å²) in [5.41, 5.74) is 1.49. The lowest BCUT2D eigenvalue weighted by Gasteiger charge is -2.04. The van der Waals surface area contributed by atoms with Gasteiger partial charge in [-0.1, -0.05) is 0 Å². The summed E-state index contributed by atoms with van der Waals surface area (Å²) < 4.78 is 0.630. The number of carbonyl (C=O) groups excluding carboxylic acids is 1. The van der Waals surface area contributed by atoms with Gasteiger partial charge in [-0.3, -0.25) is 4.79 Å². The van der Waals surface area contributed by atoms with E-state index in [1.807, 2.05) is 29.5 Å². The molecule has 0 saturated carbocycles. The van der Waals surface area contributed by atoms with Crippen LogP contribution in [-0.4, -0.2) is 10.9 Å². The van der Waals surface area contributed by atoms with Crippen molar-refractivity contribution < 1.29 is 9.90 Å². The van der Waals surface area contributed by atoms with E-state index in [-0.39, 0.29) is 11.5 Å². The van der Waals surface area contributed by atoms with Crippen molar-refractivity contribution in [1.82, 2.24) is 0 Å². The van der Waals surface area contributed by atoms with E-state index in [0.717, 1.165) is 5.56 Å². The lowest BCUT2D eigenvalue weighted by Crippen LogP contribution is -1.96. The maximum atomic E-state index is 11.1. The highest BCUT2D eigenvalue weighted by atomic mass is 127. The lowest BCUT2D eigenvalue weighted by molar-refractivity contribution is 0.101. The summed E-state index contributed by atoms with van der Waals surface area (Å²) in [4.78, 5) is 11.1. The van der Waals surface area contributed by atoms with Gasteiger partial charge in [-0.25, -0.2) is 0 Å². The monoisotopic (exact) mass is 276 g/mol. The van der Waals surface area contributed by atoms with Crippen LogP contribution in [0.4, 0.5) is 0 Å². The van der Waals surface area contributed by atoms with E-state index in [2.05, 4.69) is 0 Å². The van der Waals surface area contributed by atoms with Crippen molar-refractivity contribution >= 4 is 28.4 Å². The first-order valence-corrected chi connectivity index (χ1v) is 4.60. The highest BCUT2D eigenvalue weighted by molar-refractivity contribution is 14.1. The molecule has 0 unspecified atom stereocenters. The van der Waals surface area contributed by atoms with Crippen molar-refractivity contribution in [2.75, 3.05) is 0 Å². The summed E-state index contributed by atoms with van der Waals surface area (Å²) in [6.07, 6.45) is 0. The summed E-state index contributed by atoms with van der Waals surface area (Å²) in [6, 6.07) is 3.43. The summed E-state index contributed by atoms with van der Waals surface area (Å²) >= 11 is 1.97. The van der Waals surface area contributed by atoms with Crippen LogP contribution in [0.2, 0.25) is 0 Å². The second-order valence-electron chi connectivity index (χ2n) is 2.70. The Morgan fingerprint density at radius 1 is 1.50 bits per heavy atom. The zero-order valence-electron chi connectivity index (χ0n) is 6.89. The number of aromatic hydroxyl groups is 1. The highest BCUT2D eigenvalue weighted by Crippen LogP contribution is 2.25. The molecule has 0 aliphatic carbocycles. The van der Waals surface area contributed by atoms with Gasteiger partial charge in [-0.15, -0.1) is 0 Å². The van der Waals surface area contributed by atoms with Crippen LogP contribution in [0.3, 0.4) is 0 Å². The van der Waals surface area contributed by atoms with Gasteiger partial charge in [0.2, 0.25) is 0 Å². The minimum atomic E-state index is -0.0154. The third kappa shape index (κ3) is 1.77. The molecular formula is C9H9IO2. The predicted octanol–water partition coefficient (Wildman–Crippen LogP) is 2.51. The zero-order chi connectivity index (χ0) is 9.30. The molecule has 0 atom stereocenters. The number of rotatable bonds is 1. The molecule has 2 nitrogen and oxygen atoms in total. The molecule has 64 valence electrons. The number of benzene rings is 1. The van der Waals surface area contributed by atoms with E-state index >= 15 is 0 Å². The fraction of sp³-hybridized carbons (Fsp3) is 0.222. The smallest absolute Gasteiger partial charge is 0.161 e. The maximum Gasteiger partial charge on any atom is 0.161 e. The summed E-state index contributed by atoms with van der Waals surface area (Å²) in [7, 11) is 0. The molecule has 1 aromatic rings. The van der Waals surface area contributed by atoms with Crippen LogP contribution in [-0.2, 0) is 0 Å². The van der Waals surface area contributed by atoms with E-state index in [1.165, 1.54) is 6.92 Å². The standard InChI is InChI=1S/C9H9IO2/c1-5-3-7(6(2)11)9(10)8(12)4-5/h3-4,12H,1-2H3. The Morgan fingerprint density at radius 2 is 2.08 bits per heavy atom. The molecule has 1 aromatic carbocycles. The van der Waals surface area contributed by atoms with Crippen molar-refractivity contribution in [3.05, 3.63) is 26.8 Å². The zero-order valence-corrected chi connectivity index (χ0v) is 9.05. The van der Waals surface area contributed by atoms with E-state index in [0.29, 0.717) is 9.13 Å². The van der Waals surface area contributed by atoms with Crippen molar-refractivity contribution in [2.45, 2.75) is 13.8 Å². The number of phenolic OH excluding ortho intramolecular Hbond substituents is 1. The van der Waals surface area contributed by atoms with Crippen molar-refractivity contribution in [1.29, 1.82) is 0 Å². The number of phenols is 1. The van der Waals surface area contributed by atoms with Crippen molar-refractivity contribution in [3.8, 4) is 5.75 Å². The van der Waals surface area contributed by atoms with Crippen LogP contribution >= 0.6 is 22.6 Å². The van der Waals surface area contributed by atoms with Gasteiger partial charge in [0.25, 0.3) is 0 Å². The molecule has 3 heteroatoms. The first-order valence-electron chi connectivity index (χ1n) is 3.52. The minimum Gasteiger partial charge on any atom is -0.507 e. The number of hydrogen-bond donors (Lipinski definition) is 1. The lowest BCUT2D eigenvalue weighted by atomic mass is 10.1. The molecule has 0 bridgehead atoms. The molecule has 0 saturated heterocycles. The predicted molar refractivity (Wildman–Crippen MR) is 55.6 cm³/mol. The normalized spacial score (nSPS) is 9.92. The molecular weight excluding hydrogens is 267 g/mol.